The molecule has 0 saturated heterocycles. The van der Waals surface area contributed by atoms with Crippen molar-refractivity contribution >= 4 is 5.78 Å². The molecule has 0 heterocycles. The zero-order valence-corrected chi connectivity index (χ0v) is 12.0. The third-order valence-electron chi connectivity index (χ3n) is 3.35. The molecule has 0 aliphatic heterocycles. The largest absolute Gasteiger partial charge is 0.369 e. The van der Waals surface area contributed by atoms with Crippen molar-refractivity contribution in [1.29, 1.82) is 0 Å². The molecule has 0 amide bonds. The van der Waals surface area contributed by atoms with Gasteiger partial charge < -0.3 is 4.74 Å². The molecule has 20 heavy (non-hydrogen) atoms. The van der Waals surface area contributed by atoms with Crippen LogP contribution in [0.4, 0.5) is 0 Å². The molecule has 0 bridgehead atoms. The van der Waals surface area contributed by atoms with Gasteiger partial charge in [0.15, 0.2) is 5.78 Å². The van der Waals surface area contributed by atoms with Crippen LogP contribution in [-0.2, 0) is 11.2 Å². The lowest BCUT2D eigenvalue weighted by molar-refractivity contribution is 0.0604. The maximum Gasteiger partial charge on any atom is 0.196 e. The van der Waals surface area contributed by atoms with Crippen LogP contribution < -0.4 is 0 Å². The van der Waals surface area contributed by atoms with Crippen LogP contribution in [0.5, 0.6) is 0 Å². The number of methoxy groups -OCH3 is 1. The first-order valence-corrected chi connectivity index (χ1v) is 6.97. The highest BCUT2D eigenvalue weighted by Crippen LogP contribution is 2.22. The van der Waals surface area contributed by atoms with Gasteiger partial charge in [-0.2, -0.15) is 0 Å². The van der Waals surface area contributed by atoms with E-state index in [1.165, 1.54) is 5.56 Å². The van der Waals surface area contributed by atoms with Crippen LogP contribution in [0.3, 0.4) is 0 Å². The number of ketones is 1. The van der Waals surface area contributed by atoms with Crippen molar-refractivity contribution in [2.75, 3.05) is 7.11 Å². The third kappa shape index (κ3) is 3.34. The van der Waals surface area contributed by atoms with Crippen molar-refractivity contribution in [1.82, 2.24) is 0 Å². The molecule has 0 fully saturated rings. The average molecular weight is 268 g/mol. The lowest BCUT2D eigenvalue weighted by Gasteiger charge is -2.14. The smallest absolute Gasteiger partial charge is 0.196 e. The highest BCUT2D eigenvalue weighted by atomic mass is 16.5. The Kier molecular flexibility index (Phi) is 5.08. The Hall–Kier alpha value is -1.93. The van der Waals surface area contributed by atoms with Crippen molar-refractivity contribution in [2.24, 2.45) is 0 Å². The molecule has 0 saturated carbocycles. The van der Waals surface area contributed by atoms with Crippen LogP contribution in [0.2, 0.25) is 0 Å². The number of carbonyl (C=O) groups is 1. The molecule has 2 nitrogen and oxygen atoms in total. The number of hydrogen-bond donors (Lipinski definition) is 0. The summed E-state index contributed by atoms with van der Waals surface area (Å²) in [6.07, 6.45) is 1.62. The Balaban J connectivity index is 2.20. The van der Waals surface area contributed by atoms with Gasteiger partial charge in [-0.25, -0.2) is 0 Å². The molecule has 104 valence electrons. The molecule has 2 heteroatoms. The molecule has 1 unspecified atom stereocenters. The van der Waals surface area contributed by atoms with Gasteiger partial charge in [0.25, 0.3) is 0 Å². The van der Waals surface area contributed by atoms with E-state index in [0.29, 0.717) is 5.56 Å². The number of aryl methyl sites for hydroxylation is 1. The average Bonchev–Trinajstić information content (AvgIpc) is 2.50. The number of Topliss-reactive ketones (excluding diaryl/α,β-unsaturated/α-hetero) is 1. The summed E-state index contributed by atoms with van der Waals surface area (Å²) in [6, 6.07) is 17.4. The molecule has 0 aliphatic rings. The van der Waals surface area contributed by atoms with Crippen LogP contribution in [0.1, 0.15) is 40.9 Å². The maximum absolute atomic E-state index is 12.5. The van der Waals surface area contributed by atoms with Crippen LogP contribution in [0, 0.1) is 0 Å². The summed E-state index contributed by atoms with van der Waals surface area (Å²) in [7, 11) is 1.57. The van der Waals surface area contributed by atoms with E-state index in [4.69, 9.17) is 4.74 Å². The summed E-state index contributed by atoms with van der Waals surface area (Å²) >= 11 is 0. The van der Waals surface area contributed by atoms with Gasteiger partial charge in [-0.05, 0) is 17.5 Å². The van der Waals surface area contributed by atoms with Crippen LogP contribution in [0.15, 0.2) is 54.6 Å². The summed E-state index contributed by atoms with van der Waals surface area (Å²) in [5.41, 5.74) is 2.84. The van der Waals surface area contributed by atoms with Crippen LogP contribution in [-0.4, -0.2) is 12.9 Å². The van der Waals surface area contributed by atoms with Crippen LogP contribution in [0.25, 0.3) is 0 Å². The number of ether oxygens (including phenoxy) is 1. The summed E-state index contributed by atoms with van der Waals surface area (Å²) in [5.74, 6) is 0.00162. The lowest BCUT2D eigenvalue weighted by atomic mass is 9.98. The summed E-state index contributed by atoms with van der Waals surface area (Å²) in [6.45, 7) is 2.15. The second-order valence-electron chi connectivity index (χ2n) is 4.84. The van der Waals surface area contributed by atoms with E-state index < -0.39 is 6.10 Å². The van der Waals surface area contributed by atoms with Crippen molar-refractivity contribution in [3.8, 4) is 0 Å². The highest BCUT2D eigenvalue weighted by Gasteiger charge is 2.21. The topological polar surface area (TPSA) is 26.3 Å². The second-order valence-corrected chi connectivity index (χ2v) is 4.84. The normalized spacial score (nSPS) is 12.1. The first kappa shape index (κ1) is 14.5. The first-order valence-electron chi connectivity index (χ1n) is 6.97. The molecule has 0 spiro atoms. The van der Waals surface area contributed by atoms with Gasteiger partial charge in [-0.3, -0.25) is 4.79 Å². The van der Waals surface area contributed by atoms with E-state index in [0.717, 1.165) is 18.4 Å². The Labute approximate surface area is 120 Å². The van der Waals surface area contributed by atoms with Gasteiger partial charge in [-0.1, -0.05) is 67.9 Å². The first-order chi connectivity index (χ1) is 9.76. The number of carbonyl (C=O) groups excluding carboxylic acids is 1. The van der Waals surface area contributed by atoms with Gasteiger partial charge in [0, 0.05) is 12.7 Å². The fourth-order valence-corrected chi connectivity index (χ4v) is 2.30. The molecule has 0 aromatic heterocycles. The van der Waals surface area contributed by atoms with E-state index in [-0.39, 0.29) is 5.78 Å². The Morgan fingerprint density at radius 1 is 1.05 bits per heavy atom. The molecular formula is C18H20O2. The summed E-state index contributed by atoms with van der Waals surface area (Å²) in [5, 5.41) is 0. The molecule has 0 radical (unpaired) electrons. The zero-order chi connectivity index (χ0) is 14.4. The van der Waals surface area contributed by atoms with E-state index in [9.17, 15) is 4.79 Å². The number of benzene rings is 2. The van der Waals surface area contributed by atoms with Crippen molar-refractivity contribution in [3.63, 3.8) is 0 Å². The van der Waals surface area contributed by atoms with E-state index in [1.54, 1.807) is 7.11 Å². The minimum atomic E-state index is -0.534. The molecule has 2 aromatic rings. The maximum atomic E-state index is 12.5. The fourth-order valence-electron chi connectivity index (χ4n) is 2.30. The molecular weight excluding hydrogens is 248 g/mol. The standard InChI is InChI=1S/C18H20O2/c1-3-7-14-10-12-15(13-11-14)17(19)18(20-2)16-8-5-4-6-9-16/h4-6,8-13,18H,3,7H2,1-2H3. The van der Waals surface area contributed by atoms with E-state index in [2.05, 4.69) is 6.92 Å². The van der Waals surface area contributed by atoms with Crippen molar-refractivity contribution in [2.45, 2.75) is 25.9 Å². The molecule has 0 aliphatic carbocycles. The lowest BCUT2D eigenvalue weighted by Crippen LogP contribution is -2.14. The summed E-state index contributed by atoms with van der Waals surface area (Å²) in [4.78, 5) is 12.5. The number of rotatable bonds is 6. The molecule has 2 rings (SSSR count). The van der Waals surface area contributed by atoms with Crippen molar-refractivity contribution in [3.05, 3.63) is 71.3 Å². The minimum absolute atomic E-state index is 0.00162. The Bertz CT molecular complexity index is 543. The Morgan fingerprint density at radius 2 is 1.70 bits per heavy atom. The zero-order valence-electron chi connectivity index (χ0n) is 12.0. The van der Waals surface area contributed by atoms with E-state index in [1.807, 2.05) is 54.6 Å². The van der Waals surface area contributed by atoms with Gasteiger partial charge >= 0.3 is 0 Å². The third-order valence-corrected chi connectivity index (χ3v) is 3.35. The van der Waals surface area contributed by atoms with Gasteiger partial charge in [0.2, 0.25) is 0 Å². The van der Waals surface area contributed by atoms with Gasteiger partial charge in [-0.15, -0.1) is 0 Å². The molecule has 0 N–H and O–H groups in total. The second kappa shape index (κ2) is 7.01. The summed E-state index contributed by atoms with van der Waals surface area (Å²) < 4.78 is 5.38. The van der Waals surface area contributed by atoms with Gasteiger partial charge in [0.05, 0.1) is 0 Å². The van der Waals surface area contributed by atoms with Gasteiger partial charge in [0.1, 0.15) is 6.10 Å². The SMILES string of the molecule is CCCc1ccc(C(=O)C(OC)c2ccccc2)cc1. The molecule has 2 aromatic carbocycles. The molecule has 1 atom stereocenters. The Morgan fingerprint density at radius 3 is 2.25 bits per heavy atom. The van der Waals surface area contributed by atoms with E-state index >= 15 is 0 Å². The quantitative estimate of drug-likeness (QED) is 0.734. The minimum Gasteiger partial charge on any atom is -0.369 e. The fraction of sp³-hybridized carbons (Fsp3) is 0.278. The number of hydrogen-bond acceptors (Lipinski definition) is 2. The monoisotopic (exact) mass is 268 g/mol. The predicted octanol–water partition coefficient (Wildman–Crippen LogP) is 4.21. The van der Waals surface area contributed by atoms with Crippen LogP contribution >= 0.6 is 0 Å². The predicted molar refractivity (Wildman–Crippen MR) is 81.0 cm³/mol. The van der Waals surface area contributed by atoms with Crippen molar-refractivity contribution < 1.29 is 9.53 Å². The highest BCUT2D eigenvalue weighted by molar-refractivity contribution is 6.00.